The molecule has 0 saturated heterocycles. The molecule has 0 aliphatic heterocycles. The van der Waals surface area contributed by atoms with Gasteiger partial charge in [0.2, 0.25) is 0 Å². The molecule has 0 fully saturated rings. The first-order valence-electron chi connectivity index (χ1n) is 5.82. The average molecular weight is 249 g/mol. The lowest BCUT2D eigenvalue weighted by molar-refractivity contribution is 0.424. The molecule has 2 aromatic rings. The van der Waals surface area contributed by atoms with E-state index >= 15 is 0 Å². The molecule has 1 N–H and O–H groups in total. The highest BCUT2D eigenvalue weighted by molar-refractivity contribution is 7.09. The van der Waals surface area contributed by atoms with Gasteiger partial charge in [0.1, 0.15) is 0 Å². The van der Waals surface area contributed by atoms with E-state index in [0.29, 0.717) is 0 Å². The van der Waals surface area contributed by atoms with Gasteiger partial charge in [-0.2, -0.15) is 5.10 Å². The summed E-state index contributed by atoms with van der Waals surface area (Å²) in [5, 5.41) is 9.93. The Labute approximate surface area is 106 Å². The van der Waals surface area contributed by atoms with E-state index in [1.54, 1.807) is 11.3 Å². The molecule has 2 rings (SSSR count). The van der Waals surface area contributed by atoms with Gasteiger partial charge in [0, 0.05) is 28.7 Å². The zero-order valence-electron chi connectivity index (χ0n) is 10.6. The van der Waals surface area contributed by atoms with E-state index in [9.17, 15) is 0 Å². The first-order valence-corrected chi connectivity index (χ1v) is 6.70. The van der Waals surface area contributed by atoms with E-state index < -0.39 is 0 Å². The molecule has 4 heteroatoms. The lowest BCUT2D eigenvalue weighted by Gasteiger charge is -2.19. The van der Waals surface area contributed by atoms with Crippen molar-refractivity contribution < 1.29 is 0 Å². The number of thiophene rings is 1. The standard InChI is InChI=1S/C13H19N3S/c1-13(2,3)14-7-11-8-15-16(9-11)10-12-5-4-6-17-12/h4-6,8-9,14H,7,10H2,1-3H3. The van der Waals surface area contributed by atoms with Crippen LogP contribution in [0.1, 0.15) is 31.2 Å². The second kappa shape index (κ2) is 5.02. The van der Waals surface area contributed by atoms with E-state index in [-0.39, 0.29) is 5.54 Å². The summed E-state index contributed by atoms with van der Waals surface area (Å²) in [6, 6.07) is 4.21. The van der Waals surface area contributed by atoms with Gasteiger partial charge >= 0.3 is 0 Å². The van der Waals surface area contributed by atoms with E-state index in [1.165, 1.54) is 10.4 Å². The Bertz CT molecular complexity index is 451. The molecule has 2 aromatic heterocycles. The van der Waals surface area contributed by atoms with Crippen LogP contribution in [0.25, 0.3) is 0 Å². The molecule has 0 aromatic carbocycles. The Morgan fingerprint density at radius 3 is 2.88 bits per heavy atom. The SMILES string of the molecule is CC(C)(C)NCc1cnn(Cc2cccs2)c1. The van der Waals surface area contributed by atoms with Crippen LogP contribution in [0.2, 0.25) is 0 Å². The van der Waals surface area contributed by atoms with Crippen molar-refractivity contribution in [1.82, 2.24) is 15.1 Å². The number of nitrogens with one attached hydrogen (secondary N) is 1. The molecule has 0 amide bonds. The fraction of sp³-hybridized carbons (Fsp3) is 0.462. The second-order valence-corrected chi connectivity index (χ2v) is 6.26. The fourth-order valence-electron chi connectivity index (χ4n) is 1.51. The summed E-state index contributed by atoms with van der Waals surface area (Å²) in [7, 11) is 0. The van der Waals surface area contributed by atoms with Crippen molar-refractivity contribution in [3.05, 3.63) is 40.3 Å². The number of nitrogens with zero attached hydrogens (tertiary/aromatic N) is 2. The van der Waals surface area contributed by atoms with E-state index in [4.69, 9.17) is 0 Å². The van der Waals surface area contributed by atoms with Gasteiger partial charge in [0.15, 0.2) is 0 Å². The number of rotatable bonds is 4. The van der Waals surface area contributed by atoms with Gasteiger partial charge in [-0.15, -0.1) is 11.3 Å². The Balaban J connectivity index is 1.92. The van der Waals surface area contributed by atoms with Crippen molar-refractivity contribution in [2.75, 3.05) is 0 Å². The van der Waals surface area contributed by atoms with Gasteiger partial charge in [0.25, 0.3) is 0 Å². The second-order valence-electron chi connectivity index (χ2n) is 5.23. The Morgan fingerprint density at radius 2 is 2.24 bits per heavy atom. The first kappa shape index (κ1) is 12.3. The molecule has 0 saturated carbocycles. The molecule has 0 unspecified atom stereocenters. The lowest BCUT2D eigenvalue weighted by Crippen LogP contribution is -2.34. The maximum atomic E-state index is 4.38. The largest absolute Gasteiger partial charge is 0.308 e. The number of aromatic nitrogens is 2. The molecule has 0 bridgehead atoms. The highest BCUT2D eigenvalue weighted by atomic mass is 32.1. The topological polar surface area (TPSA) is 29.9 Å². The van der Waals surface area contributed by atoms with Crippen LogP contribution >= 0.6 is 11.3 Å². The van der Waals surface area contributed by atoms with Crippen LogP contribution in [0, 0.1) is 0 Å². The third-order valence-corrected chi connectivity index (χ3v) is 3.27. The van der Waals surface area contributed by atoms with Crippen molar-refractivity contribution in [1.29, 1.82) is 0 Å². The summed E-state index contributed by atoms with van der Waals surface area (Å²) < 4.78 is 1.99. The van der Waals surface area contributed by atoms with Gasteiger partial charge in [-0.1, -0.05) is 6.07 Å². The Kier molecular flexibility index (Phi) is 3.64. The monoisotopic (exact) mass is 249 g/mol. The van der Waals surface area contributed by atoms with Crippen molar-refractivity contribution in [3.63, 3.8) is 0 Å². The van der Waals surface area contributed by atoms with Gasteiger partial charge in [-0.05, 0) is 32.2 Å². The lowest BCUT2D eigenvalue weighted by atomic mass is 10.1. The molecular weight excluding hydrogens is 230 g/mol. The summed E-state index contributed by atoms with van der Waals surface area (Å²) in [6.07, 6.45) is 4.05. The molecule has 2 heterocycles. The molecule has 3 nitrogen and oxygen atoms in total. The predicted octanol–water partition coefficient (Wildman–Crippen LogP) is 2.88. The fourth-order valence-corrected chi connectivity index (χ4v) is 2.21. The Morgan fingerprint density at radius 1 is 1.41 bits per heavy atom. The third-order valence-electron chi connectivity index (χ3n) is 2.41. The summed E-state index contributed by atoms with van der Waals surface area (Å²) in [5.74, 6) is 0. The summed E-state index contributed by atoms with van der Waals surface area (Å²) in [5.41, 5.74) is 1.38. The molecule has 92 valence electrons. The van der Waals surface area contributed by atoms with Crippen LogP contribution in [-0.2, 0) is 13.1 Å². The van der Waals surface area contributed by atoms with E-state index in [0.717, 1.165) is 13.1 Å². The van der Waals surface area contributed by atoms with E-state index in [1.807, 2.05) is 10.9 Å². The van der Waals surface area contributed by atoms with Gasteiger partial charge in [0.05, 0.1) is 12.7 Å². The average Bonchev–Trinajstić information content (AvgIpc) is 2.86. The van der Waals surface area contributed by atoms with Gasteiger partial charge < -0.3 is 5.32 Å². The quantitative estimate of drug-likeness (QED) is 0.903. The van der Waals surface area contributed by atoms with Crippen molar-refractivity contribution in [3.8, 4) is 0 Å². The summed E-state index contributed by atoms with van der Waals surface area (Å²) in [4.78, 5) is 1.34. The van der Waals surface area contributed by atoms with Crippen LogP contribution in [0.4, 0.5) is 0 Å². The third kappa shape index (κ3) is 3.98. The predicted molar refractivity (Wildman–Crippen MR) is 72.2 cm³/mol. The molecular formula is C13H19N3S. The van der Waals surface area contributed by atoms with Crippen molar-refractivity contribution in [2.24, 2.45) is 0 Å². The minimum absolute atomic E-state index is 0.149. The molecule has 0 atom stereocenters. The van der Waals surface area contributed by atoms with Gasteiger partial charge in [-0.3, -0.25) is 4.68 Å². The van der Waals surface area contributed by atoms with Gasteiger partial charge in [-0.25, -0.2) is 0 Å². The molecule has 0 aliphatic carbocycles. The molecule has 17 heavy (non-hydrogen) atoms. The van der Waals surface area contributed by atoms with Crippen LogP contribution in [-0.4, -0.2) is 15.3 Å². The van der Waals surface area contributed by atoms with Crippen LogP contribution < -0.4 is 5.32 Å². The maximum Gasteiger partial charge on any atom is 0.0752 e. The zero-order valence-corrected chi connectivity index (χ0v) is 11.4. The van der Waals surface area contributed by atoms with Crippen molar-refractivity contribution in [2.45, 2.75) is 39.4 Å². The first-order chi connectivity index (χ1) is 8.03. The number of hydrogen-bond acceptors (Lipinski definition) is 3. The minimum Gasteiger partial charge on any atom is -0.308 e. The van der Waals surface area contributed by atoms with E-state index in [2.05, 4.69) is 54.9 Å². The van der Waals surface area contributed by atoms with Crippen LogP contribution in [0.5, 0.6) is 0 Å². The molecule has 0 radical (unpaired) electrons. The normalized spacial score (nSPS) is 11.9. The Hall–Kier alpha value is -1.13. The highest BCUT2D eigenvalue weighted by Crippen LogP contribution is 2.11. The highest BCUT2D eigenvalue weighted by Gasteiger charge is 2.09. The van der Waals surface area contributed by atoms with Crippen LogP contribution in [0.15, 0.2) is 29.9 Å². The molecule has 0 aliphatic rings. The zero-order chi connectivity index (χ0) is 12.3. The minimum atomic E-state index is 0.149. The summed E-state index contributed by atoms with van der Waals surface area (Å²) in [6.45, 7) is 8.25. The number of hydrogen-bond donors (Lipinski definition) is 1. The maximum absolute atomic E-state index is 4.38. The smallest absolute Gasteiger partial charge is 0.0752 e. The molecule has 0 spiro atoms. The summed E-state index contributed by atoms with van der Waals surface area (Å²) >= 11 is 1.77. The van der Waals surface area contributed by atoms with Crippen LogP contribution in [0.3, 0.4) is 0 Å². The van der Waals surface area contributed by atoms with Crippen molar-refractivity contribution >= 4 is 11.3 Å².